The zero-order chi connectivity index (χ0) is 20.1. The summed E-state index contributed by atoms with van der Waals surface area (Å²) in [7, 11) is 0. The summed E-state index contributed by atoms with van der Waals surface area (Å²) in [6.45, 7) is 6.95. The van der Waals surface area contributed by atoms with Crippen LogP contribution in [0.2, 0.25) is 0 Å². The van der Waals surface area contributed by atoms with Gasteiger partial charge in [-0.15, -0.1) is 0 Å². The monoisotopic (exact) mass is 380 g/mol. The molecule has 0 saturated carbocycles. The molecule has 2 amide bonds. The molecule has 1 aliphatic heterocycles. The highest BCUT2D eigenvalue weighted by atomic mass is 16.5. The zero-order valence-electron chi connectivity index (χ0n) is 16.7. The van der Waals surface area contributed by atoms with Gasteiger partial charge in [0.05, 0.1) is 5.92 Å². The minimum absolute atomic E-state index is 0.000739. The number of benzene rings is 2. The molecular formula is C23H28N2O3. The highest BCUT2D eigenvalue weighted by molar-refractivity contribution is 5.91. The predicted molar refractivity (Wildman–Crippen MR) is 110 cm³/mol. The van der Waals surface area contributed by atoms with Gasteiger partial charge in [-0.05, 0) is 54.2 Å². The number of amides is 2. The molecule has 0 aromatic heterocycles. The second-order valence-electron chi connectivity index (χ2n) is 7.82. The van der Waals surface area contributed by atoms with Crippen molar-refractivity contribution < 1.29 is 14.3 Å². The lowest BCUT2D eigenvalue weighted by molar-refractivity contribution is -0.126. The lowest BCUT2D eigenvalue weighted by Gasteiger charge is -2.25. The first-order valence-electron chi connectivity index (χ1n) is 9.80. The van der Waals surface area contributed by atoms with Crippen LogP contribution >= 0.6 is 0 Å². The van der Waals surface area contributed by atoms with Gasteiger partial charge in [0.1, 0.15) is 12.4 Å². The van der Waals surface area contributed by atoms with E-state index in [1.54, 1.807) is 0 Å². The van der Waals surface area contributed by atoms with E-state index in [1.165, 1.54) is 0 Å². The van der Waals surface area contributed by atoms with E-state index in [4.69, 9.17) is 4.74 Å². The number of carbonyl (C=O) groups is 2. The maximum absolute atomic E-state index is 12.6. The van der Waals surface area contributed by atoms with E-state index in [-0.39, 0.29) is 17.7 Å². The van der Waals surface area contributed by atoms with Crippen LogP contribution in [0, 0.1) is 18.8 Å². The van der Waals surface area contributed by atoms with Crippen molar-refractivity contribution in [2.45, 2.75) is 40.2 Å². The highest BCUT2D eigenvalue weighted by Gasteiger charge is 2.26. The Labute approximate surface area is 166 Å². The van der Waals surface area contributed by atoms with E-state index >= 15 is 0 Å². The third-order valence-corrected chi connectivity index (χ3v) is 4.93. The fourth-order valence-corrected chi connectivity index (χ4v) is 3.36. The first-order valence-corrected chi connectivity index (χ1v) is 9.80. The van der Waals surface area contributed by atoms with E-state index in [0.29, 0.717) is 31.9 Å². The van der Waals surface area contributed by atoms with Gasteiger partial charge in [0.25, 0.3) is 0 Å². The molecule has 2 aromatic carbocycles. The van der Waals surface area contributed by atoms with Crippen LogP contribution < -0.4 is 15.4 Å². The second-order valence-corrected chi connectivity index (χ2v) is 7.82. The van der Waals surface area contributed by atoms with Crippen LogP contribution in [-0.4, -0.2) is 18.4 Å². The Kier molecular flexibility index (Phi) is 6.34. The van der Waals surface area contributed by atoms with Crippen LogP contribution in [0.25, 0.3) is 0 Å². The molecule has 5 nitrogen and oxygen atoms in total. The number of anilines is 1. The third kappa shape index (κ3) is 5.12. The van der Waals surface area contributed by atoms with Crippen molar-refractivity contribution in [3.63, 3.8) is 0 Å². The molecule has 2 N–H and O–H groups in total. The Morgan fingerprint density at radius 3 is 2.71 bits per heavy atom. The maximum atomic E-state index is 12.6. The van der Waals surface area contributed by atoms with Crippen molar-refractivity contribution in [3.8, 4) is 5.75 Å². The molecule has 3 rings (SSSR count). The SMILES string of the molecule is Cc1ccccc1CNC(=O)C1COc2ccc(NC(=O)CC(C)C)cc2C1. The molecule has 1 unspecified atom stereocenters. The van der Waals surface area contributed by atoms with Crippen LogP contribution in [0.4, 0.5) is 5.69 Å². The Balaban J connectivity index is 1.61. The summed E-state index contributed by atoms with van der Waals surface area (Å²) in [6.07, 6.45) is 1.08. The number of hydrogen-bond acceptors (Lipinski definition) is 3. The first-order chi connectivity index (χ1) is 13.4. The Hall–Kier alpha value is -2.82. The number of ether oxygens (including phenoxy) is 1. The quantitative estimate of drug-likeness (QED) is 0.800. The third-order valence-electron chi connectivity index (χ3n) is 4.93. The number of fused-ring (bicyclic) bond motifs is 1. The molecule has 148 valence electrons. The van der Waals surface area contributed by atoms with Crippen molar-refractivity contribution in [2.75, 3.05) is 11.9 Å². The van der Waals surface area contributed by atoms with Gasteiger partial charge in [0.15, 0.2) is 0 Å². The van der Waals surface area contributed by atoms with Crippen LogP contribution in [0.5, 0.6) is 5.75 Å². The van der Waals surface area contributed by atoms with Crippen LogP contribution in [-0.2, 0) is 22.6 Å². The van der Waals surface area contributed by atoms with Gasteiger partial charge in [-0.1, -0.05) is 38.1 Å². The van der Waals surface area contributed by atoms with Crippen LogP contribution in [0.3, 0.4) is 0 Å². The zero-order valence-corrected chi connectivity index (χ0v) is 16.7. The van der Waals surface area contributed by atoms with E-state index in [2.05, 4.69) is 10.6 Å². The van der Waals surface area contributed by atoms with Gasteiger partial charge in [-0.2, -0.15) is 0 Å². The normalized spacial score (nSPS) is 15.5. The summed E-state index contributed by atoms with van der Waals surface area (Å²) in [5.41, 5.74) is 3.97. The molecule has 0 aliphatic carbocycles. The fraction of sp³-hybridized carbons (Fsp3) is 0.391. The molecule has 0 radical (unpaired) electrons. The molecule has 0 saturated heterocycles. The fourth-order valence-electron chi connectivity index (χ4n) is 3.36. The van der Waals surface area contributed by atoms with Crippen molar-refractivity contribution >= 4 is 17.5 Å². The topological polar surface area (TPSA) is 67.4 Å². The van der Waals surface area contributed by atoms with Crippen LogP contribution in [0.1, 0.15) is 37.0 Å². The average Bonchev–Trinajstić information content (AvgIpc) is 2.66. The summed E-state index contributed by atoms with van der Waals surface area (Å²) in [5, 5.41) is 5.95. The summed E-state index contributed by atoms with van der Waals surface area (Å²) in [5.74, 6) is 0.840. The van der Waals surface area contributed by atoms with Crippen molar-refractivity contribution in [3.05, 3.63) is 59.2 Å². The number of rotatable bonds is 6. The lowest BCUT2D eigenvalue weighted by atomic mass is 9.95. The predicted octanol–water partition coefficient (Wildman–Crippen LogP) is 3.85. The summed E-state index contributed by atoms with van der Waals surface area (Å²) >= 11 is 0. The highest BCUT2D eigenvalue weighted by Crippen LogP contribution is 2.30. The van der Waals surface area contributed by atoms with E-state index in [0.717, 1.165) is 28.1 Å². The van der Waals surface area contributed by atoms with Gasteiger partial charge >= 0.3 is 0 Å². The van der Waals surface area contributed by atoms with Crippen molar-refractivity contribution in [1.82, 2.24) is 5.32 Å². The number of aryl methyl sites for hydroxylation is 1. The first kappa shape index (κ1) is 19.9. The van der Waals surface area contributed by atoms with Crippen molar-refractivity contribution in [2.24, 2.45) is 11.8 Å². The van der Waals surface area contributed by atoms with E-state index in [1.807, 2.05) is 63.2 Å². The van der Waals surface area contributed by atoms with Gasteiger partial charge in [-0.25, -0.2) is 0 Å². The van der Waals surface area contributed by atoms with Gasteiger partial charge in [-0.3, -0.25) is 9.59 Å². The number of hydrogen-bond donors (Lipinski definition) is 2. The van der Waals surface area contributed by atoms with Gasteiger partial charge in [0.2, 0.25) is 11.8 Å². The summed E-state index contributed by atoms with van der Waals surface area (Å²) in [6, 6.07) is 13.6. The standard InChI is InChI=1S/C23H28N2O3/c1-15(2)10-22(26)25-20-8-9-21-18(12-20)11-19(14-28-21)23(27)24-13-17-7-5-4-6-16(17)3/h4-9,12,15,19H,10-11,13-14H2,1-3H3,(H,24,27)(H,25,26). The molecule has 0 bridgehead atoms. The largest absolute Gasteiger partial charge is 0.492 e. The molecular weight excluding hydrogens is 352 g/mol. The minimum Gasteiger partial charge on any atom is -0.492 e. The van der Waals surface area contributed by atoms with Gasteiger partial charge < -0.3 is 15.4 Å². The average molecular weight is 380 g/mol. The number of nitrogens with one attached hydrogen (secondary N) is 2. The minimum atomic E-state index is -0.238. The second kappa shape index (κ2) is 8.91. The molecule has 0 fully saturated rings. The molecule has 5 heteroatoms. The Morgan fingerprint density at radius 2 is 1.96 bits per heavy atom. The molecule has 1 heterocycles. The smallest absolute Gasteiger partial charge is 0.227 e. The summed E-state index contributed by atoms with van der Waals surface area (Å²) < 4.78 is 5.78. The lowest BCUT2D eigenvalue weighted by Crippen LogP contribution is -2.37. The summed E-state index contributed by atoms with van der Waals surface area (Å²) in [4.78, 5) is 24.6. The maximum Gasteiger partial charge on any atom is 0.227 e. The molecule has 1 atom stereocenters. The van der Waals surface area contributed by atoms with Crippen LogP contribution in [0.15, 0.2) is 42.5 Å². The number of carbonyl (C=O) groups excluding carboxylic acids is 2. The van der Waals surface area contributed by atoms with E-state index < -0.39 is 0 Å². The molecule has 0 spiro atoms. The van der Waals surface area contributed by atoms with Crippen molar-refractivity contribution in [1.29, 1.82) is 0 Å². The Morgan fingerprint density at radius 1 is 1.18 bits per heavy atom. The molecule has 28 heavy (non-hydrogen) atoms. The Bertz CT molecular complexity index is 861. The molecule has 1 aliphatic rings. The molecule has 2 aromatic rings. The van der Waals surface area contributed by atoms with E-state index in [9.17, 15) is 9.59 Å². The van der Waals surface area contributed by atoms with Gasteiger partial charge in [0, 0.05) is 18.7 Å².